The first-order valence-electron chi connectivity index (χ1n) is 19.6. The van der Waals surface area contributed by atoms with Crippen molar-refractivity contribution < 1.29 is 56.4 Å². The number of ether oxygens (including phenoxy) is 5. The summed E-state index contributed by atoms with van der Waals surface area (Å²) in [7, 11) is 1.79. The summed E-state index contributed by atoms with van der Waals surface area (Å²) < 4.78 is 58.2. The van der Waals surface area contributed by atoms with E-state index in [9.17, 15) is 32.8 Å². The molecular formula is C43H50F2N6O10. The molecule has 5 rings (SSSR count). The predicted molar refractivity (Wildman–Crippen MR) is 222 cm³/mol. The fourth-order valence-electron chi connectivity index (χ4n) is 6.36. The van der Waals surface area contributed by atoms with Crippen LogP contribution >= 0.6 is 0 Å². The molecule has 61 heavy (non-hydrogen) atoms. The van der Waals surface area contributed by atoms with E-state index in [2.05, 4.69) is 21.0 Å². The van der Waals surface area contributed by atoms with Crippen molar-refractivity contribution in [1.29, 1.82) is 0 Å². The van der Waals surface area contributed by atoms with E-state index in [0.717, 1.165) is 23.2 Å². The summed E-state index contributed by atoms with van der Waals surface area (Å²) in [4.78, 5) is 61.1. The van der Waals surface area contributed by atoms with Gasteiger partial charge in [-0.05, 0) is 50.2 Å². The molecule has 0 saturated carbocycles. The number of carbonyl (C=O) groups is 5. The van der Waals surface area contributed by atoms with E-state index in [0.29, 0.717) is 30.1 Å². The number of aryl methyl sites for hydroxylation is 1. The molecule has 0 fully saturated rings. The van der Waals surface area contributed by atoms with Gasteiger partial charge in [-0.1, -0.05) is 24.3 Å². The fraction of sp³-hybridized carbons (Fsp3) is 0.395. The molecule has 0 radical (unpaired) electrons. The molecule has 2 aromatic heterocycles. The smallest absolute Gasteiger partial charge is 0.270 e. The number of rotatable bonds is 25. The summed E-state index contributed by atoms with van der Waals surface area (Å²) in [5.74, 6) is -4.65. The van der Waals surface area contributed by atoms with Gasteiger partial charge in [0.1, 0.15) is 13.2 Å². The van der Waals surface area contributed by atoms with Crippen molar-refractivity contribution in [1.82, 2.24) is 25.0 Å². The summed E-state index contributed by atoms with van der Waals surface area (Å²) in [6, 6.07) is 16.0. The Labute approximate surface area is 350 Å². The largest absolute Gasteiger partial charge is 0.377 e. The number of anilines is 1. The standard InChI is InChI=1S/C43H50F2N6O10/c1-28(52)33-6-5-7-36(40(33)29(2)53)48-39(55)27-61-23-21-59-20-22-60-26-38(54)46-14-16-57-18-19-58-17-15-47-42(56)30-8-13-37-34(24-30)35-25-50(4)49-41(35)51(37)32-11-9-31(10-12-32)43(3,44)45/h5-13,24-25H,14-23,26-27H2,1-4H3,(H,46,54)(H,47,56)(H,48,55). The summed E-state index contributed by atoms with van der Waals surface area (Å²) in [5.41, 5.74) is 3.10. The van der Waals surface area contributed by atoms with Gasteiger partial charge in [0.25, 0.3) is 11.8 Å². The first kappa shape index (κ1) is 46.2. The number of ketones is 2. The van der Waals surface area contributed by atoms with E-state index >= 15 is 0 Å². The molecule has 0 aliphatic rings. The van der Waals surface area contributed by atoms with Gasteiger partial charge in [-0.25, -0.2) is 8.78 Å². The summed E-state index contributed by atoms with van der Waals surface area (Å²) in [5, 5.41) is 14.3. The third kappa shape index (κ3) is 13.0. The van der Waals surface area contributed by atoms with E-state index in [4.69, 9.17) is 23.7 Å². The summed E-state index contributed by atoms with van der Waals surface area (Å²) >= 11 is 0. The van der Waals surface area contributed by atoms with Crippen molar-refractivity contribution in [3.8, 4) is 5.69 Å². The number of alkyl halides is 2. The third-order valence-corrected chi connectivity index (χ3v) is 9.20. The van der Waals surface area contributed by atoms with E-state index in [1.807, 2.05) is 16.8 Å². The van der Waals surface area contributed by atoms with Gasteiger partial charge in [0.2, 0.25) is 11.8 Å². The maximum Gasteiger partial charge on any atom is 0.270 e. The zero-order valence-electron chi connectivity index (χ0n) is 34.5. The van der Waals surface area contributed by atoms with Crippen LogP contribution in [0.15, 0.2) is 66.9 Å². The lowest BCUT2D eigenvalue weighted by atomic mass is 9.99. The van der Waals surface area contributed by atoms with E-state index < -0.39 is 11.8 Å². The van der Waals surface area contributed by atoms with Gasteiger partial charge in [-0.3, -0.25) is 33.2 Å². The zero-order chi connectivity index (χ0) is 43.9. The highest BCUT2D eigenvalue weighted by Gasteiger charge is 2.25. The molecule has 5 aromatic rings. The second-order valence-corrected chi connectivity index (χ2v) is 14.0. The van der Waals surface area contributed by atoms with Crippen LogP contribution in [0.4, 0.5) is 14.5 Å². The monoisotopic (exact) mass is 848 g/mol. The highest BCUT2D eigenvalue weighted by Crippen LogP contribution is 2.33. The number of halogens is 2. The van der Waals surface area contributed by atoms with Crippen LogP contribution in [0.5, 0.6) is 0 Å². The molecule has 16 nitrogen and oxygen atoms in total. The molecule has 0 aliphatic carbocycles. The minimum Gasteiger partial charge on any atom is -0.377 e. The first-order valence-corrected chi connectivity index (χ1v) is 19.6. The van der Waals surface area contributed by atoms with Gasteiger partial charge in [-0.2, -0.15) is 5.10 Å². The van der Waals surface area contributed by atoms with Crippen molar-refractivity contribution in [2.24, 2.45) is 7.05 Å². The quantitative estimate of drug-likeness (QED) is 0.0550. The number of nitrogens with zero attached hydrogens (tertiary/aromatic N) is 3. The van der Waals surface area contributed by atoms with Crippen molar-refractivity contribution in [3.63, 3.8) is 0 Å². The molecule has 0 aliphatic heterocycles. The number of aromatic nitrogens is 3. The minimum atomic E-state index is -2.95. The molecule has 3 aromatic carbocycles. The topological polar surface area (TPSA) is 190 Å². The summed E-state index contributed by atoms with van der Waals surface area (Å²) in [6.07, 6.45) is 1.85. The lowest BCUT2D eigenvalue weighted by Crippen LogP contribution is -2.31. The van der Waals surface area contributed by atoms with Crippen LogP contribution in [-0.4, -0.2) is 123 Å². The molecule has 0 saturated heterocycles. The van der Waals surface area contributed by atoms with Crippen molar-refractivity contribution in [2.45, 2.75) is 26.7 Å². The van der Waals surface area contributed by atoms with Crippen molar-refractivity contribution >= 4 is 56.9 Å². The molecule has 2 heterocycles. The molecule has 0 unspecified atom stereocenters. The molecule has 3 amide bonds. The molecule has 3 N–H and O–H groups in total. The van der Waals surface area contributed by atoms with Crippen LogP contribution in [-0.2, 0) is 46.2 Å². The van der Waals surface area contributed by atoms with Gasteiger partial charge >= 0.3 is 0 Å². The molecule has 18 heteroatoms. The van der Waals surface area contributed by atoms with Crippen molar-refractivity contribution in [2.75, 3.05) is 84.5 Å². The Morgan fingerprint density at radius 2 is 1.31 bits per heavy atom. The highest BCUT2D eigenvalue weighted by atomic mass is 19.3. The first-order chi connectivity index (χ1) is 29.2. The molecule has 0 spiro atoms. The van der Waals surface area contributed by atoms with E-state index in [1.54, 1.807) is 48.1 Å². The normalized spacial score (nSPS) is 11.6. The Morgan fingerprint density at radius 1 is 0.705 bits per heavy atom. The molecular weight excluding hydrogens is 799 g/mol. The average Bonchev–Trinajstić information content (AvgIpc) is 3.74. The van der Waals surface area contributed by atoms with Gasteiger partial charge < -0.3 is 39.6 Å². The lowest BCUT2D eigenvalue weighted by molar-refractivity contribution is -0.126. The van der Waals surface area contributed by atoms with E-state index in [-0.39, 0.29) is 112 Å². The summed E-state index contributed by atoms with van der Waals surface area (Å²) in [6.45, 7) is 5.46. The maximum absolute atomic E-state index is 13.8. The minimum absolute atomic E-state index is 0.0841. The predicted octanol–water partition coefficient (Wildman–Crippen LogP) is 4.60. The van der Waals surface area contributed by atoms with Gasteiger partial charge in [0, 0.05) is 66.4 Å². The second kappa shape index (κ2) is 22.1. The average molecular weight is 849 g/mol. The van der Waals surface area contributed by atoms with Crippen LogP contribution in [0.2, 0.25) is 0 Å². The zero-order valence-corrected chi connectivity index (χ0v) is 34.5. The van der Waals surface area contributed by atoms with Crippen LogP contribution in [0.3, 0.4) is 0 Å². The number of hydrogen-bond donors (Lipinski definition) is 3. The number of Topliss-reactive ketones (excluding diaryl/α,β-unsaturated/α-hetero) is 2. The number of hydrogen-bond acceptors (Lipinski definition) is 11. The Balaban J connectivity index is 0.872. The van der Waals surface area contributed by atoms with Crippen LogP contribution < -0.4 is 16.0 Å². The number of benzene rings is 3. The number of nitrogens with one attached hydrogen (secondary N) is 3. The van der Waals surface area contributed by atoms with Gasteiger partial charge in [0.15, 0.2) is 17.2 Å². The highest BCUT2D eigenvalue weighted by molar-refractivity contribution is 6.13. The Hall–Kier alpha value is -5.92. The van der Waals surface area contributed by atoms with Gasteiger partial charge in [0.05, 0.1) is 69.6 Å². The second-order valence-electron chi connectivity index (χ2n) is 14.0. The number of carbonyl (C=O) groups excluding carboxylic acids is 5. The lowest BCUT2D eigenvalue weighted by Gasteiger charge is -2.12. The number of fused-ring (bicyclic) bond motifs is 3. The maximum atomic E-state index is 13.8. The van der Waals surface area contributed by atoms with E-state index in [1.165, 1.54) is 32.0 Å². The SMILES string of the molecule is CC(=O)c1cccc(NC(=O)COCCOCCOCC(=O)NCCOCCOCCNC(=O)c2ccc3c(c2)c2cn(C)nc2n3-c2ccc(C(C)(F)F)cc2)c1C(C)=O. The Morgan fingerprint density at radius 3 is 1.93 bits per heavy atom. The molecule has 326 valence electrons. The van der Waals surface area contributed by atoms with Gasteiger partial charge in [-0.15, -0.1) is 0 Å². The third-order valence-electron chi connectivity index (χ3n) is 9.20. The molecule has 0 atom stereocenters. The molecule has 0 bridgehead atoms. The van der Waals surface area contributed by atoms with Crippen LogP contribution in [0.1, 0.15) is 57.4 Å². The van der Waals surface area contributed by atoms with Crippen molar-refractivity contribution in [3.05, 3.63) is 89.1 Å². The Bertz CT molecular complexity index is 2320. The fourth-order valence-corrected chi connectivity index (χ4v) is 6.36. The number of amides is 3. The van der Waals surface area contributed by atoms with Crippen LogP contribution in [0.25, 0.3) is 27.6 Å². The Kier molecular flexibility index (Phi) is 16.7. The van der Waals surface area contributed by atoms with Crippen LogP contribution in [0, 0.1) is 0 Å².